The Morgan fingerprint density at radius 2 is 1.78 bits per heavy atom. The van der Waals surface area contributed by atoms with Crippen molar-refractivity contribution in [1.82, 2.24) is 5.32 Å². The number of hydrogen-bond donors (Lipinski definition) is 1. The molecule has 1 aliphatic heterocycles. The molecule has 1 heterocycles. The van der Waals surface area contributed by atoms with Gasteiger partial charge in [0.25, 0.3) is 5.91 Å². The van der Waals surface area contributed by atoms with Crippen LogP contribution >= 0.6 is 0 Å². The number of nitrogens with one attached hydrogen (secondary N) is 1. The van der Waals surface area contributed by atoms with Crippen LogP contribution in [0.3, 0.4) is 0 Å². The maximum atomic E-state index is 12.5. The van der Waals surface area contributed by atoms with Crippen molar-refractivity contribution in [3.63, 3.8) is 0 Å². The van der Waals surface area contributed by atoms with Crippen LogP contribution in [0.25, 0.3) is 6.08 Å². The number of allylic oxidation sites excluding steroid dienone is 1. The Hall–Kier alpha value is -3.86. The summed E-state index contributed by atoms with van der Waals surface area (Å²) in [7, 11) is 3.73. The Bertz CT molecular complexity index is 1150. The van der Waals surface area contributed by atoms with Gasteiger partial charge in [0.1, 0.15) is 5.75 Å². The van der Waals surface area contributed by atoms with Gasteiger partial charge in [-0.2, -0.15) is 0 Å². The van der Waals surface area contributed by atoms with Gasteiger partial charge >= 0.3 is 0 Å². The van der Waals surface area contributed by atoms with Crippen molar-refractivity contribution in [2.45, 2.75) is 6.54 Å². The minimum atomic E-state index is -0.114. The average molecular weight is 426 g/mol. The molecule has 0 spiro atoms. The number of fused-ring (bicyclic) bond motifs is 1. The number of benzodiazepines with no additional fused rings is 1. The van der Waals surface area contributed by atoms with Gasteiger partial charge in [0.2, 0.25) is 0 Å². The predicted molar refractivity (Wildman–Crippen MR) is 131 cm³/mol. The standard InChI is InChI=1S/C27H27N3O2/c1-30-18-17-28-24(23-8-4-5-9-25(23)30)16-13-20-11-14-21(15-12-20)27(31)29-19-22-7-3-6-10-26(22)32-2/h3-16H,17-19H2,1-2H3,(H,29,31)/b16-13+. The van der Waals surface area contributed by atoms with Crippen molar-refractivity contribution in [2.75, 3.05) is 32.1 Å². The molecule has 0 saturated carbocycles. The number of hydrogen-bond acceptors (Lipinski definition) is 4. The number of rotatable bonds is 6. The Morgan fingerprint density at radius 3 is 2.59 bits per heavy atom. The van der Waals surface area contributed by atoms with E-state index in [0.29, 0.717) is 12.1 Å². The van der Waals surface area contributed by atoms with E-state index in [9.17, 15) is 4.79 Å². The summed E-state index contributed by atoms with van der Waals surface area (Å²) >= 11 is 0. The number of benzene rings is 3. The lowest BCUT2D eigenvalue weighted by Gasteiger charge is -2.18. The minimum absolute atomic E-state index is 0.114. The number of aliphatic imine (C=N–C) groups is 1. The molecule has 1 amide bonds. The summed E-state index contributed by atoms with van der Waals surface area (Å²) in [5.74, 6) is 0.652. The average Bonchev–Trinajstić information content (AvgIpc) is 3.00. The second-order valence-electron chi connectivity index (χ2n) is 7.66. The summed E-state index contributed by atoms with van der Waals surface area (Å²) in [4.78, 5) is 19.5. The minimum Gasteiger partial charge on any atom is -0.496 e. The van der Waals surface area contributed by atoms with Crippen molar-refractivity contribution in [1.29, 1.82) is 0 Å². The highest BCUT2D eigenvalue weighted by molar-refractivity contribution is 6.14. The van der Waals surface area contributed by atoms with E-state index in [2.05, 4.69) is 41.5 Å². The molecule has 0 radical (unpaired) electrons. The van der Waals surface area contributed by atoms with Crippen LogP contribution in [0.5, 0.6) is 5.75 Å². The zero-order chi connectivity index (χ0) is 22.3. The summed E-state index contributed by atoms with van der Waals surface area (Å²) in [5.41, 5.74) is 5.88. The lowest BCUT2D eigenvalue weighted by Crippen LogP contribution is -2.22. The molecule has 4 rings (SSSR count). The van der Waals surface area contributed by atoms with Gasteiger partial charge in [0.15, 0.2) is 0 Å². The molecule has 0 atom stereocenters. The predicted octanol–water partition coefficient (Wildman–Crippen LogP) is 4.58. The summed E-state index contributed by atoms with van der Waals surface area (Å²) < 4.78 is 5.34. The second kappa shape index (κ2) is 9.96. The van der Waals surface area contributed by atoms with Crippen molar-refractivity contribution >= 4 is 23.4 Å². The van der Waals surface area contributed by atoms with Crippen LogP contribution in [0.4, 0.5) is 5.69 Å². The van der Waals surface area contributed by atoms with Crippen LogP contribution < -0.4 is 15.0 Å². The van der Waals surface area contributed by atoms with Crippen LogP contribution in [0.2, 0.25) is 0 Å². The fourth-order valence-corrected chi connectivity index (χ4v) is 3.74. The van der Waals surface area contributed by atoms with Crippen molar-refractivity contribution in [2.24, 2.45) is 4.99 Å². The fraction of sp³-hybridized carbons (Fsp3) is 0.185. The number of likely N-dealkylation sites (N-methyl/N-ethyl adjacent to an activating group) is 1. The molecule has 5 nitrogen and oxygen atoms in total. The molecular weight excluding hydrogens is 398 g/mol. The Balaban J connectivity index is 1.43. The molecule has 0 bridgehead atoms. The molecule has 1 aliphatic rings. The van der Waals surface area contributed by atoms with E-state index < -0.39 is 0 Å². The molecule has 0 aliphatic carbocycles. The summed E-state index contributed by atoms with van der Waals surface area (Å²) in [6.07, 6.45) is 4.09. The molecule has 0 aromatic heterocycles. The van der Waals surface area contributed by atoms with Crippen LogP contribution in [0.1, 0.15) is 27.0 Å². The zero-order valence-corrected chi connectivity index (χ0v) is 18.4. The normalized spacial score (nSPS) is 13.3. The van der Waals surface area contributed by atoms with Gasteiger partial charge in [-0.05, 0) is 35.9 Å². The SMILES string of the molecule is COc1ccccc1CNC(=O)c1ccc(/C=C/C2=NCCN(C)c3ccccc32)cc1. The van der Waals surface area contributed by atoms with Gasteiger partial charge in [-0.3, -0.25) is 9.79 Å². The number of methoxy groups -OCH3 is 1. The third-order valence-electron chi connectivity index (χ3n) is 5.55. The number of para-hydroxylation sites is 2. The van der Waals surface area contributed by atoms with E-state index in [4.69, 9.17) is 9.73 Å². The summed E-state index contributed by atoms with van der Waals surface area (Å²) in [6.45, 7) is 2.07. The first-order chi connectivity index (χ1) is 15.7. The van der Waals surface area contributed by atoms with E-state index >= 15 is 0 Å². The molecule has 32 heavy (non-hydrogen) atoms. The Kier molecular flexibility index (Phi) is 6.66. The number of amides is 1. The van der Waals surface area contributed by atoms with Crippen LogP contribution in [0, 0.1) is 0 Å². The summed E-state index contributed by atoms with van der Waals surface area (Å²) in [5, 5.41) is 2.95. The molecule has 0 unspecified atom stereocenters. The van der Waals surface area contributed by atoms with Gasteiger partial charge in [0, 0.05) is 42.5 Å². The lowest BCUT2D eigenvalue weighted by atomic mass is 10.0. The van der Waals surface area contributed by atoms with Gasteiger partial charge in [0.05, 0.1) is 19.4 Å². The van der Waals surface area contributed by atoms with Crippen LogP contribution in [0.15, 0.2) is 83.9 Å². The van der Waals surface area contributed by atoms with E-state index in [0.717, 1.165) is 41.2 Å². The zero-order valence-electron chi connectivity index (χ0n) is 18.4. The number of nitrogens with zero attached hydrogens (tertiary/aromatic N) is 2. The first-order valence-corrected chi connectivity index (χ1v) is 10.7. The van der Waals surface area contributed by atoms with Crippen molar-refractivity contribution in [3.8, 4) is 5.75 Å². The quantitative estimate of drug-likeness (QED) is 0.629. The highest BCUT2D eigenvalue weighted by Crippen LogP contribution is 2.23. The summed E-state index contributed by atoms with van der Waals surface area (Å²) in [6, 6.07) is 23.6. The number of ether oxygens (including phenoxy) is 1. The third kappa shape index (κ3) is 4.89. The molecule has 1 N–H and O–H groups in total. The van der Waals surface area contributed by atoms with Gasteiger partial charge in [-0.25, -0.2) is 0 Å². The highest BCUT2D eigenvalue weighted by Gasteiger charge is 2.13. The van der Waals surface area contributed by atoms with Gasteiger partial charge < -0.3 is 15.0 Å². The first kappa shape index (κ1) is 21.4. The molecular formula is C27H27N3O2. The number of carbonyl (C=O) groups excluding carboxylic acids is 1. The smallest absolute Gasteiger partial charge is 0.251 e. The maximum absolute atomic E-state index is 12.5. The van der Waals surface area contributed by atoms with E-state index in [1.807, 2.05) is 60.7 Å². The largest absolute Gasteiger partial charge is 0.496 e. The van der Waals surface area contributed by atoms with Crippen molar-refractivity contribution < 1.29 is 9.53 Å². The molecule has 0 saturated heterocycles. The van der Waals surface area contributed by atoms with Crippen LogP contribution in [-0.2, 0) is 6.54 Å². The lowest BCUT2D eigenvalue weighted by molar-refractivity contribution is 0.0950. The van der Waals surface area contributed by atoms with E-state index in [1.165, 1.54) is 5.69 Å². The number of anilines is 1. The Morgan fingerprint density at radius 1 is 1.03 bits per heavy atom. The molecule has 162 valence electrons. The van der Waals surface area contributed by atoms with Crippen molar-refractivity contribution in [3.05, 3.63) is 101 Å². The van der Waals surface area contributed by atoms with Gasteiger partial charge in [-0.1, -0.05) is 54.6 Å². The van der Waals surface area contributed by atoms with Crippen LogP contribution in [-0.4, -0.2) is 38.9 Å². The maximum Gasteiger partial charge on any atom is 0.251 e. The van der Waals surface area contributed by atoms with E-state index in [-0.39, 0.29) is 5.91 Å². The highest BCUT2D eigenvalue weighted by atomic mass is 16.5. The van der Waals surface area contributed by atoms with Gasteiger partial charge in [-0.15, -0.1) is 0 Å². The van der Waals surface area contributed by atoms with E-state index in [1.54, 1.807) is 7.11 Å². The molecule has 0 fully saturated rings. The third-order valence-corrected chi connectivity index (χ3v) is 5.55. The molecule has 3 aromatic rings. The monoisotopic (exact) mass is 425 g/mol. The fourth-order valence-electron chi connectivity index (χ4n) is 3.74. The topological polar surface area (TPSA) is 53.9 Å². The first-order valence-electron chi connectivity index (χ1n) is 10.7. The Labute approximate surface area is 189 Å². The molecule has 3 aromatic carbocycles. The number of carbonyl (C=O) groups is 1. The second-order valence-corrected chi connectivity index (χ2v) is 7.66. The molecule has 5 heteroatoms.